The molecule has 0 aliphatic carbocycles. The number of ether oxygens (including phenoxy) is 1. The molecule has 0 aliphatic heterocycles. The molecule has 2 rings (SSSR count). The van der Waals surface area contributed by atoms with Crippen molar-refractivity contribution < 1.29 is 9.53 Å². The molecule has 0 spiro atoms. The molecule has 0 fully saturated rings. The van der Waals surface area contributed by atoms with Crippen LogP contribution < -0.4 is 4.74 Å². The number of hydrogen-bond donors (Lipinski definition) is 0. The van der Waals surface area contributed by atoms with Gasteiger partial charge >= 0.3 is 0 Å². The quantitative estimate of drug-likeness (QED) is 0.753. The van der Waals surface area contributed by atoms with E-state index in [4.69, 9.17) is 4.74 Å². The first-order valence-corrected chi connectivity index (χ1v) is 6.55. The summed E-state index contributed by atoms with van der Waals surface area (Å²) in [6, 6.07) is 15.0. The van der Waals surface area contributed by atoms with Gasteiger partial charge in [-0.15, -0.1) is 0 Å². The highest BCUT2D eigenvalue weighted by molar-refractivity contribution is 6.10. The SMILES string of the molecule is CCCOc1cccc(C(=O)c2ccccc2C)c1. The summed E-state index contributed by atoms with van der Waals surface area (Å²) in [5, 5.41) is 0. The number of ketones is 1. The van der Waals surface area contributed by atoms with Gasteiger partial charge in [0, 0.05) is 11.1 Å². The number of carbonyl (C=O) groups is 1. The van der Waals surface area contributed by atoms with Gasteiger partial charge in [-0.25, -0.2) is 0 Å². The molecule has 2 heteroatoms. The molecule has 2 nitrogen and oxygen atoms in total. The van der Waals surface area contributed by atoms with Crippen LogP contribution in [0.25, 0.3) is 0 Å². The summed E-state index contributed by atoms with van der Waals surface area (Å²) >= 11 is 0. The Balaban J connectivity index is 2.27. The van der Waals surface area contributed by atoms with Crippen LogP contribution in [-0.2, 0) is 0 Å². The molecule has 0 saturated carbocycles. The smallest absolute Gasteiger partial charge is 0.193 e. The molecule has 0 unspecified atom stereocenters. The standard InChI is InChI=1S/C17H18O2/c1-3-11-19-15-9-6-8-14(12-15)17(18)16-10-5-4-7-13(16)2/h4-10,12H,3,11H2,1-2H3. The minimum Gasteiger partial charge on any atom is -0.494 e. The van der Waals surface area contributed by atoms with Crippen LogP contribution >= 0.6 is 0 Å². The molecule has 98 valence electrons. The van der Waals surface area contributed by atoms with E-state index in [0.29, 0.717) is 12.2 Å². The molecule has 0 atom stereocenters. The predicted molar refractivity (Wildman–Crippen MR) is 76.8 cm³/mol. The molecule has 0 amide bonds. The van der Waals surface area contributed by atoms with Gasteiger partial charge in [0.25, 0.3) is 0 Å². The van der Waals surface area contributed by atoms with E-state index in [1.54, 1.807) is 0 Å². The first kappa shape index (κ1) is 13.3. The minimum atomic E-state index is 0.0417. The Bertz CT molecular complexity index is 573. The van der Waals surface area contributed by atoms with Crippen molar-refractivity contribution in [3.8, 4) is 5.75 Å². The van der Waals surface area contributed by atoms with Crippen LogP contribution in [0.4, 0.5) is 0 Å². The maximum absolute atomic E-state index is 12.4. The van der Waals surface area contributed by atoms with E-state index < -0.39 is 0 Å². The van der Waals surface area contributed by atoms with Crippen molar-refractivity contribution in [3.63, 3.8) is 0 Å². The van der Waals surface area contributed by atoms with E-state index in [0.717, 1.165) is 23.3 Å². The Kier molecular flexibility index (Phi) is 4.35. The highest BCUT2D eigenvalue weighted by Gasteiger charge is 2.11. The van der Waals surface area contributed by atoms with Crippen LogP contribution in [0.15, 0.2) is 48.5 Å². The van der Waals surface area contributed by atoms with Gasteiger partial charge in [0.05, 0.1) is 6.61 Å². The topological polar surface area (TPSA) is 26.3 Å². The number of aryl methyl sites for hydroxylation is 1. The highest BCUT2D eigenvalue weighted by Crippen LogP contribution is 2.18. The minimum absolute atomic E-state index is 0.0417. The third kappa shape index (κ3) is 3.22. The zero-order valence-corrected chi connectivity index (χ0v) is 11.3. The number of rotatable bonds is 5. The molecule has 2 aromatic carbocycles. The maximum atomic E-state index is 12.4. The molecule has 0 bridgehead atoms. The van der Waals surface area contributed by atoms with Crippen molar-refractivity contribution in [2.24, 2.45) is 0 Å². The van der Waals surface area contributed by atoms with Gasteiger partial charge in [-0.3, -0.25) is 4.79 Å². The summed E-state index contributed by atoms with van der Waals surface area (Å²) in [6.45, 7) is 4.68. The summed E-state index contributed by atoms with van der Waals surface area (Å²) in [6.07, 6.45) is 0.954. The van der Waals surface area contributed by atoms with Crippen LogP contribution in [0, 0.1) is 6.92 Å². The van der Waals surface area contributed by atoms with E-state index in [1.807, 2.05) is 55.5 Å². The maximum Gasteiger partial charge on any atom is 0.193 e. The Morgan fingerprint density at radius 2 is 1.89 bits per heavy atom. The summed E-state index contributed by atoms with van der Waals surface area (Å²) in [4.78, 5) is 12.4. The summed E-state index contributed by atoms with van der Waals surface area (Å²) in [5.41, 5.74) is 2.41. The Hall–Kier alpha value is -2.09. The first-order valence-electron chi connectivity index (χ1n) is 6.55. The molecule has 0 N–H and O–H groups in total. The summed E-state index contributed by atoms with van der Waals surface area (Å²) < 4.78 is 5.56. The summed E-state index contributed by atoms with van der Waals surface area (Å²) in [7, 11) is 0. The fraction of sp³-hybridized carbons (Fsp3) is 0.235. The molecule has 0 heterocycles. The van der Waals surface area contributed by atoms with Gasteiger partial charge in [0.2, 0.25) is 0 Å². The van der Waals surface area contributed by atoms with E-state index in [2.05, 4.69) is 6.92 Å². The molecular formula is C17H18O2. The fourth-order valence-corrected chi connectivity index (χ4v) is 1.93. The van der Waals surface area contributed by atoms with E-state index in [-0.39, 0.29) is 5.78 Å². The Morgan fingerprint density at radius 3 is 2.63 bits per heavy atom. The first-order chi connectivity index (χ1) is 9.22. The fourth-order valence-electron chi connectivity index (χ4n) is 1.93. The van der Waals surface area contributed by atoms with Crippen LogP contribution in [0.2, 0.25) is 0 Å². The van der Waals surface area contributed by atoms with Gasteiger partial charge < -0.3 is 4.74 Å². The van der Waals surface area contributed by atoms with Crippen molar-refractivity contribution in [2.45, 2.75) is 20.3 Å². The predicted octanol–water partition coefficient (Wildman–Crippen LogP) is 4.01. The lowest BCUT2D eigenvalue weighted by Gasteiger charge is -2.08. The second kappa shape index (κ2) is 6.19. The third-order valence-electron chi connectivity index (χ3n) is 2.96. The lowest BCUT2D eigenvalue weighted by Crippen LogP contribution is -2.04. The van der Waals surface area contributed by atoms with E-state index in [1.165, 1.54) is 0 Å². The molecule has 0 saturated heterocycles. The normalized spacial score (nSPS) is 10.2. The largest absolute Gasteiger partial charge is 0.494 e. The number of hydrogen-bond acceptors (Lipinski definition) is 2. The molecule has 19 heavy (non-hydrogen) atoms. The summed E-state index contributed by atoms with van der Waals surface area (Å²) in [5.74, 6) is 0.793. The van der Waals surface area contributed by atoms with Crippen molar-refractivity contribution in [2.75, 3.05) is 6.61 Å². The lowest BCUT2D eigenvalue weighted by molar-refractivity contribution is 0.103. The van der Waals surface area contributed by atoms with E-state index in [9.17, 15) is 4.79 Å². The Labute approximate surface area is 114 Å². The second-order valence-electron chi connectivity index (χ2n) is 4.52. The van der Waals surface area contributed by atoms with Gasteiger partial charge in [-0.05, 0) is 31.0 Å². The highest BCUT2D eigenvalue weighted by atomic mass is 16.5. The van der Waals surface area contributed by atoms with Crippen LogP contribution in [0.5, 0.6) is 5.75 Å². The van der Waals surface area contributed by atoms with Crippen molar-refractivity contribution >= 4 is 5.78 Å². The third-order valence-corrected chi connectivity index (χ3v) is 2.96. The van der Waals surface area contributed by atoms with Crippen molar-refractivity contribution in [3.05, 3.63) is 65.2 Å². The molecule has 0 aliphatic rings. The van der Waals surface area contributed by atoms with E-state index >= 15 is 0 Å². The molecule has 0 aromatic heterocycles. The van der Waals surface area contributed by atoms with Crippen LogP contribution in [-0.4, -0.2) is 12.4 Å². The Morgan fingerprint density at radius 1 is 1.11 bits per heavy atom. The zero-order chi connectivity index (χ0) is 13.7. The molecule has 0 radical (unpaired) electrons. The van der Waals surface area contributed by atoms with Gasteiger partial charge in [-0.1, -0.05) is 43.3 Å². The van der Waals surface area contributed by atoms with Crippen molar-refractivity contribution in [1.82, 2.24) is 0 Å². The molecule has 2 aromatic rings. The van der Waals surface area contributed by atoms with Gasteiger partial charge in [0.15, 0.2) is 5.78 Å². The van der Waals surface area contributed by atoms with Crippen LogP contribution in [0.3, 0.4) is 0 Å². The van der Waals surface area contributed by atoms with Crippen LogP contribution in [0.1, 0.15) is 34.8 Å². The molecular weight excluding hydrogens is 236 g/mol. The van der Waals surface area contributed by atoms with Gasteiger partial charge in [-0.2, -0.15) is 0 Å². The number of benzene rings is 2. The lowest BCUT2D eigenvalue weighted by atomic mass is 9.99. The average Bonchev–Trinajstić information content (AvgIpc) is 2.45. The second-order valence-corrected chi connectivity index (χ2v) is 4.52. The van der Waals surface area contributed by atoms with Crippen molar-refractivity contribution in [1.29, 1.82) is 0 Å². The monoisotopic (exact) mass is 254 g/mol. The van der Waals surface area contributed by atoms with Gasteiger partial charge in [0.1, 0.15) is 5.75 Å². The average molecular weight is 254 g/mol. The zero-order valence-electron chi connectivity index (χ0n) is 11.3. The number of carbonyl (C=O) groups excluding carboxylic acids is 1.